The van der Waals surface area contributed by atoms with Gasteiger partial charge in [-0.1, -0.05) is 30.3 Å². The van der Waals surface area contributed by atoms with Crippen molar-refractivity contribution < 1.29 is 5.11 Å². The van der Waals surface area contributed by atoms with Crippen LogP contribution in [0.4, 0.5) is 0 Å². The molecule has 2 heteroatoms. The van der Waals surface area contributed by atoms with Crippen LogP contribution in [0.25, 0.3) is 0 Å². The molecule has 3 rings (SSSR count). The summed E-state index contributed by atoms with van der Waals surface area (Å²) in [6.07, 6.45) is -0.103. The van der Waals surface area contributed by atoms with Gasteiger partial charge in [-0.05, 0) is 30.2 Å². The van der Waals surface area contributed by atoms with Gasteiger partial charge < -0.3 is 5.11 Å². The first-order chi connectivity index (χ1) is 7.75. The number of benzene rings is 1. The molecule has 2 fully saturated rings. The number of hydrogen-bond donors (Lipinski definition) is 1. The smallest absolute Gasteiger partial charge is 0.0546 e. The van der Waals surface area contributed by atoms with Crippen LogP contribution in [0.2, 0.25) is 0 Å². The number of piperidine rings is 1. The van der Waals surface area contributed by atoms with Gasteiger partial charge in [0.2, 0.25) is 0 Å². The summed E-state index contributed by atoms with van der Waals surface area (Å²) in [5.41, 5.74) is 1.40. The normalized spacial score (nSPS) is 34.8. The highest BCUT2D eigenvalue weighted by Crippen LogP contribution is 2.53. The SMILES string of the molecule is CC(O)C1C2CN(Cc3ccccc3)CC21. The highest BCUT2D eigenvalue weighted by molar-refractivity contribution is 5.16. The molecule has 0 aromatic heterocycles. The summed E-state index contributed by atoms with van der Waals surface area (Å²) in [5, 5.41) is 9.56. The van der Waals surface area contributed by atoms with Gasteiger partial charge in [-0.25, -0.2) is 0 Å². The largest absolute Gasteiger partial charge is 0.393 e. The summed E-state index contributed by atoms with van der Waals surface area (Å²) in [6.45, 7) is 5.36. The zero-order chi connectivity index (χ0) is 11.1. The molecule has 16 heavy (non-hydrogen) atoms. The Hall–Kier alpha value is -0.860. The number of likely N-dealkylation sites (tertiary alicyclic amines) is 1. The van der Waals surface area contributed by atoms with Crippen LogP contribution in [-0.4, -0.2) is 29.2 Å². The molecule has 1 aliphatic heterocycles. The second kappa shape index (κ2) is 3.86. The van der Waals surface area contributed by atoms with E-state index in [1.165, 1.54) is 18.7 Å². The molecule has 0 amide bonds. The molecular weight excluding hydrogens is 198 g/mol. The number of fused-ring (bicyclic) bond motifs is 1. The number of aliphatic hydroxyl groups is 1. The van der Waals surface area contributed by atoms with Crippen LogP contribution in [0.3, 0.4) is 0 Å². The highest BCUT2D eigenvalue weighted by Gasteiger charge is 2.57. The Labute approximate surface area is 96.9 Å². The van der Waals surface area contributed by atoms with Crippen LogP contribution in [-0.2, 0) is 6.54 Å². The fraction of sp³-hybridized carbons (Fsp3) is 0.571. The van der Waals surface area contributed by atoms with Crippen LogP contribution in [0, 0.1) is 17.8 Å². The Morgan fingerprint density at radius 2 is 1.88 bits per heavy atom. The molecule has 1 aromatic carbocycles. The first kappa shape index (κ1) is 10.3. The van der Waals surface area contributed by atoms with Gasteiger partial charge in [0, 0.05) is 19.6 Å². The second-order valence-corrected chi connectivity index (χ2v) is 5.33. The van der Waals surface area contributed by atoms with E-state index in [0.717, 1.165) is 18.4 Å². The minimum atomic E-state index is -0.103. The minimum Gasteiger partial charge on any atom is -0.393 e. The second-order valence-electron chi connectivity index (χ2n) is 5.33. The predicted octanol–water partition coefficient (Wildman–Crippen LogP) is 1.75. The number of aliphatic hydroxyl groups excluding tert-OH is 1. The molecular formula is C14H19NO. The molecule has 1 aliphatic carbocycles. The van der Waals surface area contributed by atoms with Gasteiger partial charge in [0.25, 0.3) is 0 Å². The molecule has 1 saturated heterocycles. The average Bonchev–Trinajstić information content (AvgIpc) is 2.79. The fourth-order valence-corrected chi connectivity index (χ4v) is 3.35. The van der Waals surface area contributed by atoms with Crippen molar-refractivity contribution in [3.05, 3.63) is 35.9 Å². The Balaban J connectivity index is 1.55. The number of hydrogen-bond acceptors (Lipinski definition) is 2. The van der Waals surface area contributed by atoms with Gasteiger partial charge >= 0.3 is 0 Å². The van der Waals surface area contributed by atoms with E-state index >= 15 is 0 Å². The quantitative estimate of drug-likeness (QED) is 0.833. The monoisotopic (exact) mass is 217 g/mol. The molecule has 1 aromatic rings. The van der Waals surface area contributed by atoms with Gasteiger partial charge in [0.15, 0.2) is 0 Å². The van der Waals surface area contributed by atoms with Crippen molar-refractivity contribution in [2.75, 3.05) is 13.1 Å². The molecule has 86 valence electrons. The van der Waals surface area contributed by atoms with Crippen LogP contribution in [0.1, 0.15) is 12.5 Å². The van der Waals surface area contributed by atoms with Gasteiger partial charge in [-0.2, -0.15) is 0 Å². The summed E-state index contributed by atoms with van der Waals surface area (Å²) >= 11 is 0. The number of nitrogens with zero attached hydrogens (tertiary/aromatic N) is 1. The maximum absolute atomic E-state index is 9.56. The number of rotatable bonds is 3. The van der Waals surface area contributed by atoms with Gasteiger partial charge in [0.1, 0.15) is 0 Å². The molecule has 2 nitrogen and oxygen atoms in total. The lowest BCUT2D eigenvalue weighted by Gasteiger charge is -2.20. The van der Waals surface area contributed by atoms with Crippen molar-refractivity contribution in [1.29, 1.82) is 0 Å². The van der Waals surface area contributed by atoms with Crippen molar-refractivity contribution in [2.45, 2.75) is 19.6 Å². The Morgan fingerprint density at radius 3 is 2.44 bits per heavy atom. The molecule has 1 heterocycles. The molecule has 3 atom stereocenters. The van der Waals surface area contributed by atoms with Gasteiger partial charge in [-0.3, -0.25) is 4.90 Å². The molecule has 0 radical (unpaired) electrons. The third-order valence-electron chi connectivity index (χ3n) is 4.14. The summed E-state index contributed by atoms with van der Waals surface area (Å²) in [4.78, 5) is 2.52. The topological polar surface area (TPSA) is 23.5 Å². The minimum absolute atomic E-state index is 0.103. The summed E-state index contributed by atoms with van der Waals surface area (Å²) < 4.78 is 0. The Morgan fingerprint density at radius 1 is 1.25 bits per heavy atom. The van der Waals surface area contributed by atoms with Crippen molar-refractivity contribution in [3.8, 4) is 0 Å². The maximum atomic E-state index is 9.56. The van der Waals surface area contributed by atoms with Crippen LogP contribution in [0.15, 0.2) is 30.3 Å². The van der Waals surface area contributed by atoms with Crippen LogP contribution in [0.5, 0.6) is 0 Å². The summed E-state index contributed by atoms with van der Waals surface area (Å²) in [6, 6.07) is 10.6. The van der Waals surface area contributed by atoms with Crippen molar-refractivity contribution in [2.24, 2.45) is 17.8 Å². The Kier molecular flexibility index (Phi) is 2.49. The lowest BCUT2D eigenvalue weighted by Crippen LogP contribution is -2.26. The Bertz CT molecular complexity index is 350. The fourth-order valence-electron chi connectivity index (χ4n) is 3.35. The van der Waals surface area contributed by atoms with Crippen LogP contribution < -0.4 is 0 Å². The van der Waals surface area contributed by atoms with E-state index in [9.17, 15) is 5.11 Å². The van der Waals surface area contributed by atoms with Gasteiger partial charge in [-0.15, -0.1) is 0 Å². The van der Waals surface area contributed by atoms with Crippen molar-refractivity contribution in [1.82, 2.24) is 4.90 Å². The first-order valence-electron chi connectivity index (χ1n) is 6.20. The van der Waals surface area contributed by atoms with E-state index in [4.69, 9.17) is 0 Å². The molecule has 3 unspecified atom stereocenters. The lowest BCUT2D eigenvalue weighted by atomic mass is 10.1. The van der Waals surface area contributed by atoms with E-state index in [-0.39, 0.29) is 6.10 Å². The maximum Gasteiger partial charge on any atom is 0.0546 e. The first-order valence-corrected chi connectivity index (χ1v) is 6.20. The van der Waals surface area contributed by atoms with Crippen molar-refractivity contribution >= 4 is 0 Å². The predicted molar refractivity (Wildman–Crippen MR) is 63.9 cm³/mol. The highest BCUT2D eigenvalue weighted by atomic mass is 16.3. The van der Waals surface area contributed by atoms with Gasteiger partial charge in [0.05, 0.1) is 6.10 Å². The van der Waals surface area contributed by atoms with E-state index in [2.05, 4.69) is 35.2 Å². The van der Waals surface area contributed by atoms with Crippen molar-refractivity contribution in [3.63, 3.8) is 0 Å². The third kappa shape index (κ3) is 1.76. The molecule has 0 bridgehead atoms. The zero-order valence-corrected chi connectivity index (χ0v) is 9.71. The van der Waals surface area contributed by atoms with E-state index in [1.54, 1.807) is 0 Å². The molecule has 1 saturated carbocycles. The zero-order valence-electron chi connectivity index (χ0n) is 9.71. The third-order valence-corrected chi connectivity index (χ3v) is 4.14. The van der Waals surface area contributed by atoms with Crippen LogP contribution >= 0.6 is 0 Å². The van der Waals surface area contributed by atoms with E-state index in [1.807, 2.05) is 6.92 Å². The standard InChI is InChI=1S/C14H19NO/c1-10(16)14-12-8-15(9-13(12)14)7-11-5-3-2-4-6-11/h2-6,10,12-14,16H,7-9H2,1H3. The molecule has 2 aliphatic rings. The summed E-state index contributed by atoms with van der Waals surface area (Å²) in [5.74, 6) is 2.12. The van der Waals surface area contributed by atoms with E-state index < -0.39 is 0 Å². The molecule has 1 N–H and O–H groups in total. The summed E-state index contributed by atoms with van der Waals surface area (Å²) in [7, 11) is 0. The lowest BCUT2D eigenvalue weighted by molar-refractivity contribution is 0.139. The van der Waals surface area contributed by atoms with E-state index in [0.29, 0.717) is 5.92 Å². The molecule has 0 spiro atoms. The average molecular weight is 217 g/mol.